The minimum Gasteiger partial charge on any atom is -0.403 e. The Morgan fingerprint density at radius 1 is 1.44 bits per heavy atom. The zero-order valence-corrected chi connectivity index (χ0v) is 17.7. The molecule has 11 heteroatoms. The molecule has 0 aromatic carbocycles. The number of allylic oxidation sites excluding steroid dienone is 4. The van der Waals surface area contributed by atoms with Gasteiger partial charge in [-0.3, -0.25) is 9.79 Å². The molecule has 172 valence electrons. The Hall–Kier alpha value is -3.60. The Morgan fingerprint density at radius 2 is 2.16 bits per heavy atom. The number of aromatic nitrogens is 1. The lowest BCUT2D eigenvalue weighted by Crippen LogP contribution is -2.45. The summed E-state index contributed by atoms with van der Waals surface area (Å²) < 4.78 is 41.9. The van der Waals surface area contributed by atoms with E-state index >= 15 is 0 Å². The van der Waals surface area contributed by atoms with Crippen molar-refractivity contribution in [3.63, 3.8) is 0 Å². The number of amidine groups is 1. The maximum Gasteiger partial charge on any atom is 0.277 e. The van der Waals surface area contributed by atoms with E-state index in [9.17, 15) is 18.0 Å². The van der Waals surface area contributed by atoms with Gasteiger partial charge in [-0.2, -0.15) is 0 Å². The van der Waals surface area contributed by atoms with Crippen molar-refractivity contribution in [2.75, 3.05) is 39.0 Å². The van der Waals surface area contributed by atoms with Gasteiger partial charge in [-0.1, -0.05) is 25.3 Å². The van der Waals surface area contributed by atoms with Crippen LogP contribution in [0.4, 0.5) is 18.9 Å². The fraction of sp³-hybridized carbons (Fsp3) is 0.286. The van der Waals surface area contributed by atoms with Gasteiger partial charge in [-0.15, -0.1) is 0 Å². The van der Waals surface area contributed by atoms with Crippen molar-refractivity contribution in [1.29, 1.82) is 0 Å². The predicted molar refractivity (Wildman–Crippen MR) is 120 cm³/mol. The third-order valence-corrected chi connectivity index (χ3v) is 4.53. The lowest BCUT2D eigenvalue weighted by molar-refractivity contribution is -0.00581. The molecule has 0 saturated carbocycles. The van der Waals surface area contributed by atoms with Crippen molar-refractivity contribution in [3.8, 4) is 0 Å². The average molecular weight is 449 g/mol. The number of nitrogen functional groups attached to an aromatic ring is 1. The number of alkyl halides is 2. The second-order valence-corrected chi connectivity index (χ2v) is 6.89. The second-order valence-electron chi connectivity index (χ2n) is 6.89. The summed E-state index contributed by atoms with van der Waals surface area (Å²) in [5, 5.41) is 5.16. The number of rotatable bonds is 6. The molecule has 2 heterocycles. The highest BCUT2D eigenvalue weighted by molar-refractivity contribution is 6.06. The molecule has 1 amide bonds. The van der Waals surface area contributed by atoms with Crippen LogP contribution in [-0.2, 0) is 0 Å². The predicted octanol–water partition coefficient (Wildman–Crippen LogP) is 1.82. The third-order valence-electron chi connectivity index (χ3n) is 4.53. The molecule has 0 bridgehead atoms. The van der Waals surface area contributed by atoms with Crippen LogP contribution in [0.25, 0.3) is 5.57 Å². The maximum atomic E-state index is 14.0. The lowest BCUT2D eigenvalue weighted by Gasteiger charge is -2.28. The minimum atomic E-state index is -3.00. The Balaban J connectivity index is 2.33. The number of hydrogen-bond acceptors (Lipinski definition) is 6. The fourth-order valence-corrected chi connectivity index (χ4v) is 3.10. The van der Waals surface area contributed by atoms with Crippen LogP contribution < -0.4 is 22.1 Å². The van der Waals surface area contributed by atoms with E-state index in [1.165, 1.54) is 36.2 Å². The van der Waals surface area contributed by atoms with Crippen molar-refractivity contribution in [1.82, 2.24) is 20.5 Å². The molecule has 1 aliphatic heterocycles. The molecule has 32 heavy (non-hydrogen) atoms. The number of nitrogens with one attached hydrogen (secondary N) is 2. The first-order valence-corrected chi connectivity index (χ1v) is 9.61. The van der Waals surface area contributed by atoms with E-state index in [0.717, 1.165) is 6.20 Å². The van der Waals surface area contributed by atoms with Crippen molar-refractivity contribution < 1.29 is 18.0 Å². The Morgan fingerprint density at radius 3 is 2.75 bits per heavy atom. The molecule has 0 spiro atoms. The zero-order valence-electron chi connectivity index (χ0n) is 17.7. The van der Waals surface area contributed by atoms with Crippen LogP contribution in [0.3, 0.4) is 0 Å². The van der Waals surface area contributed by atoms with E-state index in [2.05, 4.69) is 33.8 Å². The van der Waals surface area contributed by atoms with E-state index in [4.69, 9.17) is 11.5 Å². The summed E-state index contributed by atoms with van der Waals surface area (Å²) in [6, 6.07) is 2.82. The SMILES string of the molecule is C=C/C=C(\C(=C)F)c1ccc(N)c(C(=O)N/C(=C/N)C(=NC)N2CCNCC(F)(F)C2)n1. The largest absolute Gasteiger partial charge is 0.403 e. The lowest BCUT2D eigenvalue weighted by atomic mass is 10.1. The first-order valence-electron chi connectivity index (χ1n) is 9.61. The van der Waals surface area contributed by atoms with E-state index in [1.807, 2.05) is 0 Å². The van der Waals surface area contributed by atoms with E-state index < -0.39 is 30.7 Å². The summed E-state index contributed by atoms with van der Waals surface area (Å²) in [6.07, 6.45) is 3.75. The quantitative estimate of drug-likeness (QED) is 0.299. The van der Waals surface area contributed by atoms with Crippen molar-refractivity contribution in [2.24, 2.45) is 10.7 Å². The molecular formula is C21H26F3N7O. The maximum absolute atomic E-state index is 14.0. The highest BCUT2D eigenvalue weighted by Crippen LogP contribution is 2.24. The Labute approximate surface area is 184 Å². The van der Waals surface area contributed by atoms with Gasteiger partial charge in [0, 0.05) is 31.9 Å². The summed E-state index contributed by atoms with van der Waals surface area (Å²) in [7, 11) is 1.40. The molecular weight excluding hydrogens is 423 g/mol. The number of halogens is 3. The van der Waals surface area contributed by atoms with Gasteiger partial charge in [0.2, 0.25) is 0 Å². The number of nitrogens with zero attached hydrogens (tertiary/aromatic N) is 3. The topological polar surface area (TPSA) is 122 Å². The van der Waals surface area contributed by atoms with Crippen LogP contribution in [0.5, 0.6) is 0 Å². The number of nitrogens with two attached hydrogens (primary N) is 2. The van der Waals surface area contributed by atoms with Crippen LogP contribution in [0.15, 0.2) is 60.2 Å². The molecule has 0 atom stereocenters. The number of amides is 1. The molecule has 1 fully saturated rings. The molecule has 6 N–H and O–H groups in total. The number of carbonyl (C=O) groups is 1. The normalized spacial score (nSPS) is 17.5. The summed E-state index contributed by atoms with van der Waals surface area (Å²) in [4.78, 5) is 22.4. The Kier molecular flexibility index (Phi) is 8.19. The van der Waals surface area contributed by atoms with Crippen LogP contribution in [-0.4, -0.2) is 60.8 Å². The van der Waals surface area contributed by atoms with Gasteiger partial charge in [-0.25, -0.2) is 18.2 Å². The monoisotopic (exact) mass is 449 g/mol. The van der Waals surface area contributed by atoms with Gasteiger partial charge < -0.3 is 27.0 Å². The number of aliphatic imine (C=N–C) groups is 1. The molecule has 1 saturated heterocycles. The van der Waals surface area contributed by atoms with Gasteiger partial charge in [0.1, 0.15) is 11.7 Å². The summed E-state index contributed by atoms with van der Waals surface area (Å²) in [5.74, 6) is -4.47. The first kappa shape index (κ1) is 24.7. The van der Waals surface area contributed by atoms with E-state index in [-0.39, 0.29) is 40.7 Å². The number of pyridine rings is 1. The highest BCUT2D eigenvalue weighted by Gasteiger charge is 2.35. The van der Waals surface area contributed by atoms with Crippen LogP contribution in [0.1, 0.15) is 16.2 Å². The molecule has 0 radical (unpaired) electrons. The molecule has 1 aromatic rings. The Bertz CT molecular complexity index is 986. The van der Waals surface area contributed by atoms with Crippen LogP contribution in [0, 0.1) is 0 Å². The number of carbonyl (C=O) groups excluding carboxylic acids is 1. The minimum absolute atomic E-state index is 0.00133. The van der Waals surface area contributed by atoms with Crippen molar-refractivity contribution in [2.45, 2.75) is 5.92 Å². The van der Waals surface area contributed by atoms with Gasteiger partial charge in [-0.05, 0) is 12.1 Å². The fourth-order valence-electron chi connectivity index (χ4n) is 3.10. The van der Waals surface area contributed by atoms with Gasteiger partial charge in [0.05, 0.1) is 30.2 Å². The van der Waals surface area contributed by atoms with Gasteiger partial charge >= 0.3 is 0 Å². The smallest absolute Gasteiger partial charge is 0.277 e. The first-order chi connectivity index (χ1) is 15.1. The third kappa shape index (κ3) is 5.97. The van der Waals surface area contributed by atoms with Crippen LogP contribution >= 0.6 is 0 Å². The standard InChI is InChI=1S/C21H26F3N7O/c1-4-5-14(13(2)22)16-7-6-15(26)18(29-16)20(32)30-17(10-25)19(27-3)31-9-8-28-11-21(23,24)12-31/h4-7,10,28H,1-2,8-9,11-12,25-26H2,3H3,(H,30,32)/b14-5+,17-10+,27-19?. The molecule has 0 aliphatic carbocycles. The van der Waals surface area contributed by atoms with Gasteiger partial charge in [0.25, 0.3) is 11.8 Å². The highest BCUT2D eigenvalue weighted by atomic mass is 19.3. The molecule has 0 unspecified atom stereocenters. The van der Waals surface area contributed by atoms with E-state index in [0.29, 0.717) is 6.54 Å². The molecule has 1 aromatic heterocycles. The number of anilines is 1. The molecule has 2 rings (SSSR count). The molecule has 1 aliphatic rings. The summed E-state index contributed by atoms with van der Waals surface area (Å²) in [6.45, 7) is 6.20. The summed E-state index contributed by atoms with van der Waals surface area (Å²) in [5.41, 5.74) is 11.5. The van der Waals surface area contributed by atoms with Crippen LogP contribution in [0.2, 0.25) is 0 Å². The number of hydrogen-bond donors (Lipinski definition) is 4. The van der Waals surface area contributed by atoms with Gasteiger partial charge in [0.15, 0.2) is 5.69 Å². The average Bonchev–Trinajstić information content (AvgIpc) is 2.92. The second kappa shape index (κ2) is 10.6. The summed E-state index contributed by atoms with van der Waals surface area (Å²) >= 11 is 0. The van der Waals surface area contributed by atoms with Crippen molar-refractivity contribution in [3.05, 3.63) is 66.6 Å². The van der Waals surface area contributed by atoms with Crippen molar-refractivity contribution >= 4 is 23.0 Å². The molecule has 8 nitrogen and oxygen atoms in total. The van der Waals surface area contributed by atoms with E-state index in [1.54, 1.807) is 0 Å². The zero-order chi connectivity index (χ0) is 23.9.